The van der Waals surface area contributed by atoms with E-state index in [1.807, 2.05) is 6.07 Å². The Morgan fingerprint density at radius 2 is 2.00 bits per heavy atom. The number of carbonyl (C=O) groups excluding carboxylic acids is 1. The molecular weight excluding hydrogens is 391 g/mol. The summed E-state index contributed by atoms with van der Waals surface area (Å²) in [6.45, 7) is 0. The summed E-state index contributed by atoms with van der Waals surface area (Å²) in [5, 5.41) is 8.08. The largest absolute Gasteiger partial charge is 0.411 e. The molecule has 0 spiro atoms. The Hall–Kier alpha value is -1.51. The van der Waals surface area contributed by atoms with Crippen molar-refractivity contribution in [3.05, 3.63) is 50.9 Å². The van der Waals surface area contributed by atoms with Crippen LogP contribution in [0, 0.1) is 5.82 Å². The van der Waals surface area contributed by atoms with Gasteiger partial charge in [-0.15, -0.1) is 21.5 Å². The first-order valence-electron chi connectivity index (χ1n) is 6.12. The molecule has 3 rings (SSSR count). The van der Waals surface area contributed by atoms with Gasteiger partial charge >= 0.3 is 0 Å². The predicted molar refractivity (Wildman–Crippen MR) is 86.8 cm³/mol. The molecule has 112 valence electrons. The lowest BCUT2D eigenvalue weighted by atomic mass is 10.2. The Morgan fingerprint density at radius 3 is 2.68 bits per heavy atom. The molecule has 0 N–H and O–H groups in total. The van der Waals surface area contributed by atoms with Crippen molar-refractivity contribution < 1.29 is 13.6 Å². The van der Waals surface area contributed by atoms with Gasteiger partial charge in [-0.2, -0.15) is 0 Å². The molecule has 0 fully saturated rings. The molecule has 0 bridgehead atoms. The minimum absolute atomic E-state index is 0.00207. The molecule has 0 aliphatic carbocycles. The zero-order chi connectivity index (χ0) is 15.5. The Labute approximate surface area is 141 Å². The Bertz CT molecular complexity index is 801. The fourth-order valence-electron chi connectivity index (χ4n) is 1.64. The van der Waals surface area contributed by atoms with Crippen LogP contribution in [0.4, 0.5) is 4.39 Å². The van der Waals surface area contributed by atoms with Crippen LogP contribution in [0.1, 0.15) is 9.67 Å². The average Bonchev–Trinajstić information content (AvgIpc) is 3.15. The van der Waals surface area contributed by atoms with E-state index < -0.39 is 0 Å². The van der Waals surface area contributed by atoms with Gasteiger partial charge in [0.15, 0.2) is 5.78 Å². The fraction of sp³-hybridized carbons (Fsp3) is 0.0714. The van der Waals surface area contributed by atoms with E-state index in [0.717, 1.165) is 3.79 Å². The van der Waals surface area contributed by atoms with E-state index >= 15 is 0 Å². The van der Waals surface area contributed by atoms with Gasteiger partial charge in [-0.1, -0.05) is 11.8 Å². The van der Waals surface area contributed by atoms with Crippen LogP contribution < -0.4 is 0 Å². The van der Waals surface area contributed by atoms with Crippen LogP contribution in [0.2, 0.25) is 0 Å². The number of ketones is 1. The number of aromatic nitrogens is 2. The molecule has 0 radical (unpaired) electrons. The third kappa shape index (κ3) is 3.63. The maximum atomic E-state index is 12.9. The van der Waals surface area contributed by atoms with E-state index in [4.69, 9.17) is 4.42 Å². The highest BCUT2D eigenvalue weighted by Gasteiger charge is 2.13. The molecule has 8 heteroatoms. The third-order valence-electron chi connectivity index (χ3n) is 2.67. The summed E-state index contributed by atoms with van der Waals surface area (Å²) in [7, 11) is 0. The number of carbonyl (C=O) groups is 1. The molecule has 0 saturated carbocycles. The minimum Gasteiger partial charge on any atom is -0.411 e. The molecule has 0 saturated heterocycles. The number of benzene rings is 1. The summed E-state index contributed by atoms with van der Waals surface area (Å²) in [6.07, 6.45) is 0. The van der Waals surface area contributed by atoms with E-state index in [-0.39, 0.29) is 17.4 Å². The minimum atomic E-state index is -0.328. The topological polar surface area (TPSA) is 56.0 Å². The summed E-state index contributed by atoms with van der Waals surface area (Å²) >= 11 is 5.89. The van der Waals surface area contributed by atoms with Crippen LogP contribution >= 0.6 is 39.0 Å². The fourth-order valence-corrected chi connectivity index (χ4v) is 3.70. The van der Waals surface area contributed by atoms with Gasteiger partial charge in [0.2, 0.25) is 5.89 Å². The molecule has 0 aliphatic heterocycles. The summed E-state index contributed by atoms with van der Waals surface area (Å²) in [5.74, 6) is 0.194. The summed E-state index contributed by atoms with van der Waals surface area (Å²) in [5.41, 5.74) is 0.634. The van der Waals surface area contributed by atoms with Gasteiger partial charge in [0.25, 0.3) is 5.22 Å². The molecule has 0 atom stereocenters. The average molecular weight is 399 g/mol. The molecule has 1 aromatic carbocycles. The van der Waals surface area contributed by atoms with Crippen LogP contribution in [-0.4, -0.2) is 21.7 Å². The number of thiophene rings is 1. The number of halogens is 2. The van der Waals surface area contributed by atoms with Crippen molar-refractivity contribution in [1.29, 1.82) is 0 Å². The molecule has 3 aromatic rings. The first-order valence-corrected chi connectivity index (χ1v) is 8.72. The van der Waals surface area contributed by atoms with Gasteiger partial charge in [-0.05, 0) is 52.3 Å². The van der Waals surface area contributed by atoms with Gasteiger partial charge < -0.3 is 4.42 Å². The molecule has 0 amide bonds. The number of Topliss-reactive ketones (excluding diaryl/α,β-unsaturated/α-hetero) is 1. The zero-order valence-corrected chi connectivity index (χ0v) is 14.2. The SMILES string of the molecule is O=C(CSc1nnc(-c2ccc(F)cc2)o1)c1ccc(Br)s1. The summed E-state index contributed by atoms with van der Waals surface area (Å²) < 4.78 is 19.2. The van der Waals surface area contributed by atoms with Gasteiger partial charge in [0.1, 0.15) is 5.82 Å². The van der Waals surface area contributed by atoms with Crippen molar-refractivity contribution in [1.82, 2.24) is 10.2 Å². The van der Waals surface area contributed by atoms with E-state index in [9.17, 15) is 9.18 Å². The van der Waals surface area contributed by atoms with Gasteiger partial charge in [-0.25, -0.2) is 4.39 Å². The number of nitrogens with zero attached hydrogens (tertiary/aromatic N) is 2. The number of rotatable bonds is 5. The predicted octanol–water partition coefficient (Wildman–Crippen LogP) is 4.67. The first-order chi connectivity index (χ1) is 10.6. The van der Waals surface area contributed by atoms with Crippen LogP contribution in [0.15, 0.2) is 49.8 Å². The maximum absolute atomic E-state index is 12.9. The lowest BCUT2D eigenvalue weighted by molar-refractivity contribution is 0.102. The second-order valence-corrected chi connectivity index (χ2v) is 7.59. The second kappa shape index (κ2) is 6.72. The second-order valence-electron chi connectivity index (χ2n) is 4.20. The van der Waals surface area contributed by atoms with Crippen LogP contribution in [0.5, 0.6) is 0 Å². The molecule has 0 unspecified atom stereocenters. The molecule has 4 nitrogen and oxygen atoms in total. The lowest BCUT2D eigenvalue weighted by Gasteiger charge is -1.95. The molecule has 0 aliphatic rings. The highest BCUT2D eigenvalue weighted by Crippen LogP contribution is 2.26. The van der Waals surface area contributed by atoms with E-state index in [0.29, 0.717) is 21.6 Å². The van der Waals surface area contributed by atoms with Crippen molar-refractivity contribution in [2.75, 3.05) is 5.75 Å². The smallest absolute Gasteiger partial charge is 0.277 e. The first kappa shape index (κ1) is 15.4. The Kier molecular flexibility index (Phi) is 4.70. The zero-order valence-electron chi connectivity index (χ0n) is 11.0. The highest BCUT2D eigenvalue weighted by molar-refractivity contribution is 9.11. The van der Waals surface area contributed by atoms with Crippen molar-refractivity contribution in [2.24, 2.45) is 0 Å². The molecule has 2 aromatic heterocycles. The normalized spacial score (nSPS) is 10.8. The summed E-state index contributed by atoms with van der Waals surface area (Å²) in [4.78, 5) is 12.7. The monoisotopic (exact) mass is 398 g/mol. The van der Waals surface area contributed by atoms with Crippen LogP contribution in [0.3, 0.4) is 0 Å². The Morgan fingerprint density at radius 1 is 1.23 bits per heavy atom. The van der Waals surface area contributed by atoms with Gasteiger partial charge in [-0.3, -0.25) is 4.79 Å². The quantitative estimate of drug-likeness (QED) is 0.461. The van der Waals surface area contributed by atoms with E-state index in [1.165, 1.54) is 35.2 Å². The maximum Gasteiger partial charge on any atom is 0.277 e. The number of thioether (sulfide) groups is 1. The van der Waals surface area contributed by atoms with Crippen LogP contribution in [-0.2, 0) is 0 Å². The van der Waals surface area contributed by atoms with Gasteiger partial charge in [0.05, 0.1) is 14.4 Å². The molecule has 22 heavy (non-hydrogen) atoms. The van der Waals surface area contributed by atoms with Crippen molar-refractivity contribution in [2.45, 2.75) is 5.22 Å². The number of hydrogen-bond acceptors (Lipinski definition) is 6. The van der Waals surface area contributed by atoms with E-state index in [2.05, 4.69) is 26.1 Å². The van der Waals surface area contributed by atoms with E-state index in [1.54, 1.807) is 18.2 Å². The Balaban J connectivity index is 1.64. The van der Waals surface area contributed by atoms with Crippen molar-refractivity contribution >= 4 is 44.8 Å². The highest BCUT2D eigenvalue weighted by atomic mass is 79.9. The summed E-state index contributed by atoms with van der Waals surface area (Å²) in [6, 6.07) is 9.38. The van der Waals surface area contributed by atoms with Gasteiger partial charge in [0, 0.05) is 5.56 Å². The lowest BCUT2D eigenvalue weighted by Crippen LogP contribution is -1.98. The van der Waals surface area contributed by atoms with Crippen molar-refractivity contribution in [3.63, 3.8) is 0 Å². The van der Waals surface area contributed by atoms with Crippen LogP contribution in [0.25, 0.3) is 11.5 Å². The molecular formula is C14H8BrFN2O2S2. The number of hydrogen-bond donors (Lipinski definition) is 0. The molecule has 2 heterocycles. The standard InChI is InChI=1S/C14H8BrFN2O2S2/c15-12-6-5-11(22-12)10(19)7-21-14-18-17-13(20-14)8-1-3-9(16)4-2-8/h1-6H,7H2. The van der Waals surface area contributed by atoms with Crippen molar-refractivity contribution in [3.8, 4) is 11.5 Å². The third-order valence-corrected chi connectivity index (χ3v) is 5.16.